The number of nitrogens with one attached hydrogen (secondary N) is 1. The molecule has 4 amide bonds. The highest BCUT2D eigenvalue weighted by Gasteiger charge is 2.59. The quantitative estimate of drug-likeness (QED) is 0.240. The summed E-state index contributed by atoms with van der Waals surface area (Å²) in [6.07, 6.45) is -2.37. The van der Waals surface area contributed by atoms with Crippen LogP contribution in [0.25, 0.3) is 11.1 Å². The number of carbonyl (C=O) groups is 3. The number of imide groups is 1. The Morgan fingerprint density at radius 2 is 1.84 bits per heavy atom. The summed E-state index contributed by atoms with van der Waals surface area (Å²) in [5.41, 5.74) is 0.251. The average Bonchev–Trinajstić information content (AvgIpc) is 3.62. The van der Waals surface area contributed by atoms with Crippen LogP contribution in [0.1, 0.15) is 56.5 Å². The van der Waals surface area contributed by atoms with Gasteiger partial charge in [-0.1, -0.05) is 44.5 Å². The molecule has 1 spiro atoms. The van der Waals surface area contributed by atoms with Gasteiger partial charge in [0.05, 0.1) is 6.20 Å². The number of urea groups is 1. The molecule has 234 valence electrons. The van der Waals surface area contributed by atoms with Gasteiger partial charge in [0, 0.05) is 31.3 Å². The summed E-state index contributed by atoms with van der Waals surface area (Å²) in [6.45, 7) is 4.15. The molecule has 3 unspecified atom stereocenters. The number of hydrogen-bond acceptors (Lipinski definition) is 4. The molecule has 1 aliphatic carbocycles. The SMILES string of the molecule is CCC(C)Cn1cc(-c2ccc3c(c2)C(F)CC32NC(=O)N(CC(=O)N(Cc3ccc(F)cc3)[C@@H](C)C(F)(F)F)C2=O)cn1. The zero-order chi connectivity index (χ0) is 32.0. The van der Waals surface area contributed by atoms with Crippen molar-refractivity contribution < 1.29 is 36.3 Å². The van der Waals surface area contributed by atoms with Crippen LogP contribution in [0.2, 0.25) is 0 Å². The van der Waals surface area contributed by atoms with E-state index in [0.29, 0.717) is 27.8 Å². The van der Waals surface area contributed by atoms with Crippen molar-refractivity contribution in [1.29, 1.82) is 0 Å². The number of amides is 4. The standard InChI is InChI=1S/C31H32F5N5O3/c1-4-18(2)14-39-16-22(13-37-39)21-7-10-25-24(11-21)26(33)12-30(25)28(43)41(29(44)38-30)17-27(42)40(19(3)31(34,35)36)15-20-5-8-23(32)9-6-20/h5-11,13,16,18-19,26H,4,12,14-15,17H2,1-3H3,(H,38,44)/t18?,19-,26?,30?/m0/s1. The molecule has 8 nitrogen and oxygen atoms in total. The van der Waals surface area contributed by atoms with Crippen LogP contribution in [0.15, 0.2) is 54.9 Å². The van der Waals surface area contributed by atoms with Gasteiger partial charge in [0.25, 0.3) is 5.91 Å². The Balaban J connectivity index is 1.38. The van der Waals surface area contributed by atoms with E-state index in [-0.39, 0.29) is 16.7 Å². The Hall–Kier alpha value is -4.29. The largest absolute Gasteiger partial charge is 0.408 e. The highest BCUT2D eigenvalue weighted by Crippen LogP contribution is 2.49. The van der Waals surface area contributed by atoms with Gasteiger partial charge in [-0.05, 0) is 53.3 Å². The predicted octanol–water partition coefficient (Wildman–Crippen LogP) is 5.88. The molecule has 2 aliphatic rings. The first kappa shape index (κ1) is 31.1. The van der Waals surface area contributed by atoms with E-state index in [1.165, 1.54) is 12.1 Å². The maximum absolute atomic E-state index is 15.5. The van der Waals surface area contributed by atoms with E-state index in [1.807, 2.05) is 6.20 Å². The third-order valence-corrected chi connectivity index (χ3v) is 8.49. The van der Waals surface area contributed by atoms with E-state index >= 15 is 4.39 Å². The summed E-state index contributed by atoms with van der Waals surface area (Å²) in [6, 6.07) is 6.12. The summed E-state index contributed by atoms with van der Waals surface area (Å²) in [5, 5.41) is 6.89. The number of nitrogens with zero attached hydrogens (tertiary/aromatic N) is 4. The predicted molar refractivity (Wildman–Crippen MR) is 150 cm³/mol. The molecule has 0 radical (unpaired) electrons. The monoisotopic (exact) mass is 617 g/mol. The van der Waals surface area contributed by atoms with Crippen LogP contribution < -0.4 is 5.32 Å². The first-order valence-electron chi connectivity index (χ1n) is 14.3. The Morgan fingerprint density at radius 3 is 2.50 bits per heavy atom. The third-order valence-electron chi connectivity index (χ3n) is 8.49. The van der Waals surface area contributed by atoms with Crippen molar-refractivity contribution in [2.45, 2.75) is 70.6 Å². The van der Waals surface area contributed by atoms with E-state index < -0.39 is 67.1 Å². The molecular weight excluding hydrogens is 585 g/mol. The second-order valence-corrected chi connectivity index (χ2v) is 11.5. The van der Waals surface area contributed by atoms with Gasteiger partial charge in [-0.15, -0.1) is 0 Å². The Bertz CT molecular complexity index is 1570. The summed E-state index contributed by atoms with van der Waals surface area (Å²) in [7, 11) is 0. The molecule has 1 fully saturated rings. The van der Waals surface area contributed by atoms with E-state index in [4.69, 9.17) is 0 Å². The number of hydrogen-bond donors (Lipinski definition) is 1. The van der Waals surface area contributed by atoms with Crippen LogP contribution in [0.4, 0.5) is 26.7 Å². The van der Waals surface area contributed by atoms with Crippen LogP contribution in [-0.2, 0) is 28.2 Å². The number of halogens is 5. The third kappa shape index (κ3) is 5.79. The lowest BCUT2D eigenvalue weighted by Crippen LogP contribution is -2.51. The average molecular weight is 618 g/mol. The normalized spacial score (nSPS) is 21.0. The minimum atomic E-state index is -4.82. The lowest BCUT2D eigenvalue weighted by molar-refractivity contribution is -0.187. The molecule has 1 N–H and O–H groups in total. The minimum Gasteiger partial charge on any atom is -0.325 e. The van der Waals surface area contributed by atoms with Crippen molar-refractivity contribution in [3.8, 4) is 11.1 Å². The molecule has 1 aliphatic heterocycles. The van der Waals surface area contributed by atoms with Crippen LogP contribution in [0.5, 0.6) is 0 Å². The second-order valence-electron chi connectivity index (χ2n) is 11.5. The van der Waals surface area contributed by atoms with Crippen molar-refractivity contribution in [2.24, 2.45) is 5.92 Å². The molecule has 0 saturated carbocycles. The van der Waals surface area contributed by atoms with Crippen LogP contribution in [0, 0.1) is 11.7 Å². The van der Waals surface area contributed by atoms with Crippen molar-refractivity contribution in [3.63, 3.8) is 0 Å². The van der Waals surface area contributed by atoms with Crippen molar-refractivity contribution in [3.05, 3.63) is 77.4 Å². The molecule has 1 aromatic heterocycles. The molecule has 13 heteroatoms. The fraction of sp³-hybridized carbons (Fsp3) is 0.419. The molecule has 1 saturated heterocycles. The van der Waals surface area contributed by atoms with Gasteiger partial charge in [0.1, 0.15) is 30.1 Å². The summed E-state index contributed by atoms with van der Waals surface area (Å²) < 4.78 is 71.8. The Labute approximate surface area is 250 Å². The van der Waals surface area contributed by atoms with Gasteiger partial charge < -0.3 is 10.2 Å². The highest BCUT2D eigenvalue weighted by molar-refractivity contribution is 6.10. The summed E-state index contributed by atoms with van der Waals surface area (Å²) in [4.78, 5) is 41.0. The zero-order valence-corrected chi connectivity index (χ0v) is 24.4. The zero-order valence-electron chi connectivity index (χ0n) is 24.4. The van der Waals surface area contributed by atoms with Crippen LogP contribution in [0.3, 0.4) is 0 Å². The Morgan fingerprint density at radius 1 is 1.14 bits per heavy atom. The minimum absolute atomic E-state index is 0.197. The lowest BCUT2D eigenvalue weighted by atomic mass is 9.90. The number of fused-ring (bicyclic) bond motifs is 2. The van der Waals surface area contributed by atoms with E-state index in [2.05, 4.69) is 24.3 Å². The topological polar surface area (TPSA) is 87.5 Å². The molecule has 3 aromatic rings. The van der Waals surface area contributed by atoms with Gasteiger partial charge in [-0.3, -0.25) is 19.2 Å². The van der Waals surface area contributed by atoms with Gasteiger partial charge in [0.15, 0.2) is 0 Å². The summed E-state index contributed by atoms with van der Waals surface area (Å²) >= 11 is 0. The summed E-state index contributed by atoms with van der Waals surface area (Å²) in [5.74, 6) is -2.27. The van der Waals surface area contributed by atoms with Crippen LogP contribution >= 0.6 is 0 Å². The first-order chi connectivity index (χ1) is 20.7. The fourth-order valence-electron chi connectivity index (χ4n) is 5.66. The lowest BCUT2D eigenvalue weighted by Gasteiger charge is -2.32. The smallest absolute Gasteiger partial charge is 0.325 e. The number of rotatable bonds is 9. The molecular formula is C31H32F5N5O3. The second kappa shape index (κ2) is 11.7. The number of alkyl halides is 4. The maximum atomic E-state index is 15.5. The first-order valence-corrected chi connectivity index (χ1v) is 14.3. The highest BCUT2D eigenvalue weighted by atomic mass is 19.4. The van der Waals surface area contributed by atoms with Gasteiger partial charge in [-0.2, -0.15) is 18.3 Å². The molecule has 2 aromatic carbocycles. The molecule has 2 heterocycles. The maximum Gasteiger partial charge on any atom is 0.408 e. The van der Waals surface area contributed by atoms with Crippen molar-refractivity contribution in [2.75, 3.05) is 6.54 Å². The van der Waals surface area contributed by atoms with Crippen LogP contribution in [-0.4, -0.2) is 56.2 Å². The number of aromatic nitrogens is 2. The van der Waals surface area contributed by atoms with Gasteiger partial charge >= 0.3 is 12.2 Å². The molecule has 4 atom stereocenters. The fourth-order valence-corrected chi connectivity index (χ4v) is 5.66. The van der Waals surface area contributed by atoms with E-state index in [0.717, 1.165) is 31.0 Å². The molecule has 0 bridgehead atoms. The number of benzene rings is 2. The van der Waals surface area contributed by atoms with Gasteiger partial charge in [-0.25, -0.2) is 13.6 Å². The van der Waals surface area contributed by atoms with Crippen molar-refractivity contribution >= 4 is 17.8 Å². The molecule has 5 rings (SSSR count). The van der Waals surface area contributed by atoms with E-state index in [9.17, 15) is 31.9 Å². The molecule has 44 heavy (non-hydrogen) atoms. The Kier molecular flexibility index (Phi) is 8.25. The number of carbonyl (C=O) groups excluding carboxylic acids is 3. The van der Waals surface area contributed by atoms with E-state index in [1.54, 1.807) is 29.1 Å². The van der Waals surface area contributed by atoms with Gasteiger partial charge in [0.2, 0.25) is 5.91 Å². The van der Waals surface area contributed by atoms with Crippen molar-refractivity contribution in [1.82, 2.24) is 24.9 Å².